The van der Waals surface area contributed by atoms with Crippen molar-refractivity contribution >= 4 is 11.9 Å². The number of ether oxygens (including phenoxy) is 2. The lowest BCUT2D eigenvalue weighted by atomic mass is 10.1. The minimum atomic E-state index is -0.714. The fourth-order valence-electron chi connectivity index (χ4n) is 2.57. The number of amides is 1. The van der Waals surface area contributed by atoms with Crippen molar-refractivity contribution in [2.75, 3.05) is 26.6 Å². The van der Waals surface area contributed by atoms with Crippen LogP contribution in [0.15, 0.2) is 0 Å². The number of carbonyl (C=O) groups is 2. The molecule has 2 fully saturated rings. The van der Waals surface area contributed by atoms with E-state index >= 15 is 0 Å². The van der Waals surface area contributed by atoms with E-state index in [1.807, 2.05) is 18.7 Å². The van der Waals surface area contributed by atoms with Gasteiger partial charge in [-0.15, -0.1) is 0 Å². The first-order chi connectivity index (χ1) is 11.8. The highest BCUT2D eigenvalue weighted by Gasteiger charge is 2.43. The monoisotopic (exact) mass is 360 g/mol. The van der Waals surface area contributed by atoms with Gasteiger partial charge in [-0.1, -0.05) is 13.8 Å². The predicted molar refractivity (Wildman–Crippen MR) is 87.3 cm³/mol. The van der Waals surface area contributed by atoms with E-state index in [0.29, 0.717) is 6.67 Å². The van der Waals surface area contributed by atoms with Gasteiger partial charge < -0.3 is 25.6 Å². The van der Waals surface area contributed by atoms with E-state index in [9.17, 15) is 14.7 Å². The van der Waals surface area contributed by atoms with Crippen molar-refractivity contribution in [2.45, 2.75) is 44.5 Å². The van der Waals surface area contributed by atoms with Gasteiger partial charge >= 0.3 is 5.97 Å². The molecular formula is C14H28N6O5. The second kappa shape index (κ2) is 8.85. The molecule has 0 saturated carbocycles. The zero-order valence-electron chi connectivity index (χ0n) is 14.5. The van der Waals surface area contributed by atoms with E-state index in [-0.39, 0.29) is 37.9 Å². The third kappa shape index (κ3) is 5.07. The smallest absolute Gasteiger partial charge is 0.323 e. The summed E-state index contributed by atoms with van der Waals surface area (Å²) in [6.45, 7) is 3.77. The highest BCUT2D eigenvalue weighted by atomic mass is 16.6. The number of aliphatic hydroxyl groups is 1. The molecule has 2 aliphatic rings. The summed E-state index contributed by atoms with van der Waals surface area (Å²) >= 11 is 0. The fourth-order valence-corrected chi connectivity index (χ4v) is 2.57. The Morgan fingerprint density at radius 3 is 2.84 bits per heavy atom. The number of nitrogens with two attached hydrogens (primary N) is 2. The second-order valence-corrected chi connectivity index (χ2v) is 6.53. The zero-order valence-corrected chi connectivity index (χ0v) is 14.5. The molecule has 0 aromatic carbocycles. The number of rotatable bonds is 8. The molecule has 0 aromatic rings. The normalized spacial score (nSPS) is 29.2. The molecule has 5 atom stereocenters. The Morgan fingerprint density at radius 1 is 1.48 bits per heavy atom. The summed E-state index contributed by atoms with van der Waals surface area (Å²) in [5.74, 6) is -0.757. The molecule has 0 bridgehead atoms. The lowest BCUT2D eigenvalue weighted by molar-refractivity contribution is -0.154. The molecule has 25 heavy (non-hydrogen) atoms. The fraction of sp³-hybridized carbons (Fsp3) is 0.857. The van der Waals surface area contributed by atoms with Crippen molar-refractivity contribution in [3.63, 3.8) is 0 Å². The summed E-state index contributed by atoms with van der Waals surface area (Å²) in [6.07, 6.45) is -1.64. The standard InChI is InChI=1S/C14H28N6O5/c1-7(2)9(15)13(23)24-4-8(3-21)25-6-20-5-17-10-11(20)18-14(16)19-12(10)22/h7-11,14,17-18,21H,3-6,15-16H2,1-2H3,(H,19,22)/t8?,9-,10?,11?,14?/m1/s1. The molecule has 8 N–H and O–H groups in total. The van der Waals surface area contributed by atoms with E-state index in [4.69, 9.17) is 20.9 Å². The lowest BCUT2D eigenvalue weighted by Crippen LogP contribution is -2.70. The Labute approximate surface area is 146 Å². The van der Waals surface area contributed by atoms with Gasteiger partial charge in [-0.05, 0) is 5.92 Å². The Balaban J connectivity index is 1.79. The number of esters is 1. The summed E-state index contributed by atoms with van der Waals surface area (Å²) in [5.41, 5.74) is 11.4. The molecule has 0 spiro atoms. The Hall–Kier alpha value is -1.34. The molecule has 11 nitrogen and oxygen atoms in total. The third-order valence-electron chi connectivity index (χ3n) is 4.24. The van der Waals surface area contributed by atoms with Crippen LogP contribution in [0.2, 0.25) is 0 Å². The van der Waals surface area contributed by atoms with Gasteiger partial charge in [0, 0.05) is 0 Å². The molecule has 144 valence electrons. The third-order valence-corrected chi connectivity index (χ3v) is 4.24. The summed E-state index contributed by atoms with van der Waals surface area (Å²) in [7, 11) is 0. The van der Waals surface area contributed by atoms with Crippen LogP contribution in [0.5, 0.6) is 0 Å². The largest absolute Gasteiger partial charge is 0.462 e. The first kappa shape index (κ1) is 20.0. The number of hydrogen-bond donors (Lipinski definition) is 6. The van der Waals surface area contributed by atoms with E-state index in [1.165, 1.54) is 0 Å². The summed E-state index contributed by atoms with van der Waals surface area (Å²) in [4.78, 5) is 25.4. The second-order valence-electron chi connectivity index (χ2n) is 6.53. The molecule has 1 amide bonds. The Morgan fingerprint density at radius 2 is 2.20 bits per heavy atom. The van der Waals surface area contributed by atoms with Crippen LogP contribution in [0, 0.1) is 5.92 Å². The topological polar surface area (TPSA) is 164 Å². The van der Waals surface area contributed by atoms with Crippen molar-refractivity contribution in [2.24, 2.45) is 17.4 Å². The van der Waals surface area contributed by atoms with Crippen LogP contribution >= 0.6 is 0 Å². The number of fused-ring (bicyclic) bond motifs is 1. The summed E-state index contributed by atoms with van der Waals surface area (Å²) in [6, 6.07) is -1.15. The van der Waals surface area contributed by atoms with Crippen LogP contribution < -0.4 is 27.4 Å². The Bertz CT molecular complexity index is 479. The van der Waals surface area contributed by atoms with Gasteiger partial charge in [0.15, 0.2) is 0 Å². The molecule has 0 radical (unpaired) electrons. The predicted octanol–water partition coefficient (Wildman–Crippen LogP) is -3.63. The van der Waals surface area contributed by atoms with Crippen LogP contribution in [-0.2, 0) is 19.1 Å². The SMILES string of the molecule is CC(C)[C@@H](N)C(=O)OCC(CO)OCN1CNC2C(=O)NC(N)NC21. The van der Waals surface area contributed by atoms with Gasteiger partial charge in [0.05, 0.1) is 19.4 Å². The van der Waals surface area contributed by atoms with Crippen molar-refractivity contribution in [3.8, 4) is 0 Å². The van der Waals surface area contributed by atoms with Gasteiger partial charge in [0.1, 0.15) is 37.8 Å². The first-order valence-electron chi connectivity index (χ1n) is 8.27. The van der Waals surface area contributed by atoms with Gasteiger partial charge in [0.25, 0.3) is 0 Å². The van der Waals surface area contributed by atoms with E-state index in [0.717, 1.165) is 0 Å². The molecule has 0 aliphatic carbocycles. The molecule has 11 heteroatoms. The van der Waals surface area contributed by atoms with Gasteiger partial charge in [0.2, 0.25) is 5.91 Å². The maximum Gasteiger partial charge on any atom is 0.323 e. The van der Waals surface area contributed by atoms with Gasteiger partial charge in [-0.2, -0.15) is 0 Å². The van der Waals surface area contributed by atoms with Crippen LogP contribution in [0.25, 0.3) is 0 Å². The number of nitrogens with one attached hydrogen (secondary N) is 3. The highest BCUT2D eigenvalue weighted by Crippen LogP contribution is 2.13. The quantitative estimate of drug-likeness (QED) is 0.238. The summed E-state index contributed by atoms with van der Waals surface area (Å²) < 4.78 is 10.7. The number of hydrogen-bond acceptors (Lipinski definition) is 10. The van der Waals surface area contributed by atoms with Gasteiger partial charge in [-0.3, -0.25) is 30.9 Å². The van der Waals surface area contributed by atoms with E-state index < -0.39 is 30.4 Å². The maximum absolute atomic E-state index is 11.9. The molecule has 4 unspecified atom stereocenters. The minimum Gasteiger partial charge on any atom is -0.462 e. The van der Waals surface area contributed by atoms with E-state index in [2.05, 4.69) is 16.0 Å². The maximum atomic E-state index is 11.9. The van der Waals surface area contributed by atoms with Crippen molar-refractivity contribution in [1.82, 2.24) is 20.9 Å². The number of carbonyl (C=O) groups excluding carboxylic acids is 2. The van der Waals surface area contributed by atoms with Crippen LogP contribution in [0.4, 0.5) is 0 Å². The molecule has 2 rings (SSSR count). The average molecular weight is 360 g/mol. The van der Waals surface area contributed by atoms with Crippen molar-refractivity contribution in [3.05, 3.63) is 0 Å². The van der Waals surface area contributed by atoms with Crippen LogP contribution in [0.3, 0.4) is 0 Å². The average Bonchev–Trinajstić information content (AvgIpc) is 2.97. The highest BCUT2D eigenvalue weighted by molar-refractivity contribution is 5.83. The first-order valence-corrected chi connectivity index (χ1v) is 8.27. The molecular weight excluding hydrogens is 332 g/mol. The molecule has 2 saturated heterocycles. The molecule has 2 heterocycles. The lowest BCUT2D eigenvalue weighted by Gasteiger charge is -2.35. The number of nitrogens with zero attached hydrogens (tertiary/aromatic N) is 1. The number of aliphatic hydroxyl groups excluding tert-OH is 1. The summed E-state index contributed by atoms with van der Waals surface area (Å²) in [5, 5.41) is 18.1. The van der Waals surface area contributed by atoms with E-state index in [1.54, 1.807) is 0 Å². The van der Waals surface area contributed by atoms with Crippen molar-refractivity contribution in [1.29, 1.82) is 0 Å². The zero-order chi connectivity index (χ0) is 18.6. The Kier molecular flexibility index (Phi) is 7.07. The van der Waals surface area contributed by atoms with Crippen LogP contribution in [0.1, 0.15) is 13.8 Å². The van der Waals surface area contributed by atoms with Crippen molar-refractivity contribution < 1.29 is 24.2 Å². The minimum absolute atomic E-state index is 0.0404. The van der Waals surface area contributed by atoms with Gasteiger partial charge in [-0.25, -0.2) is 0 Å². The molecule has 0 aromatic heterocycles. The van der Waals surface area contributed by atoms with Crippen LogP contribution in [-0.4, -0.2) is 79.1 Å². The molecule has 2 aliphatic heterocycles.